The Morgan fingerprint density at radius 2 is 2.05 bits per heavy atom. The topological polar surface area (TPSA) is 56.8 Å². The Bertz CT molecular complexity index is 620. The average molecular weight is 326 g/mol. The third-order valence-corrected chi connectivity index (χ3v) is 4.39. The monoisotopic (exact) mass is 325 g/mol. The molecule has 21 heavy (non-hydrogen) atoms. The SMILES string of the molecule is CNC1CCN(c2n[nH]c(-c3ccc(Cl)cc3Cl)n2)CC1. The second-order valence-corrected chi connectivity index (χ2v) is 6.00. The largest absolute Gasteiger partial charge is 0.339 e. The standard InChI is InChI=1S/C14H17Cl2N5/c1-17-10-4-6-21(7-5-10)14-18-13(19-20-14)11-3-2-9(15)8-12(11)16/h2-3,8,10,17H,4-7H2,1H3,(H,18,19,20). The van der Waals surface area contributed by atoms with Crippen molar-refractivity contribution in [1.82, 2.24) is 20.5 Å². The Kier molecular flexibility index (Phi) is 4.33. The highest BCUT2D eigenvalue weighted by molar-refractivity contribution is 6.36. The summed E-state index contributed by atoms with van der Waals surface area (Å²) in [6.07, 6.45) is 2.20. The first kappa shape index (κ1) is 14.6. The lowest BCUT2D eigenvalue weighted by molar-refractivity contribution is 0.439. The molecule has 5 nitrogen and oxygen atoms in total. The lowest BCUT2D eigenvalue weighted by Gasteiger charge is -2.30. The van der Waals surface area contributed by atoms with E-state index in [4.69, 9.17) is 23.2 Å². The van der Waals surface area contributed by atoms with Gasteiger partial charge in [-0.1, -0.05) is 23.2 Å². The fourth-order valence-electron chi connectivity index (χ4n) is 2.56. The van der Waals surface area contributed by atoms with Crippen LogP contribution in [-0.2, 0) is 0 Å². The molecule has 1 aromatic heterocycles. The predicted molar refractivity (Wildman–Crippen MR) is 86.1 cm³/mol. The normalized spacial score (nSPS) is 16.4. The quantitative estimate of drug-likeness (QED) is 0.910. The van der Waals surface area contributed by atoms with Gasteiger partial charge in [0, 0.05) is 29.7 Å². The molecule has 0 saturated carbocycles. The number of halogens is 2. The molecule has 3 rings (SSSR count). The Balaban J connectivity index is 1.77. The number of benzene rings is 1. The van der Waals surface area contributed by atoms with E-state index < -0.39 is 0 Å². The zero-order valence-corrected chi connectivity index (χ0v) is 13.2. The van der Waals surface area contributed by atoms with Gasteiger partial charge in [-0.25, -0.2) is 0 Å². The molecule has 0 unspecified atom stereocenters. The number of nitrogens with one attached hydrogen (secondary N) is 2. The minimum atomic E-state index is 0.569. The second kappa shape index (κ2) is 6.22. The van der Waals surface area contributed by atoms with E-state index in [1.807, 2.05) is 13.1 Å². The van der Waals surface area contributed by atoms with Crippen LogP contribution in [0.4, 0.5) is 5.95 Å². The lowest BCUT2D eigenvalue weighted by atomic mass is 10.1. The van der Waals surface area contributed by atoms with Crippen LogP contribution in [-0.4, -0.2) is 41.4 Å². The van der Waals surface area contributed by atoms with Gasteiger partial charge < -0.3 is 10.2 Å². The van der Waals surface area contributed by atoms with Crippen LogP contribution in [0.5, 0.6) is 0 Å². The number of nitrogens with zero attached hydrogens (tertiary/aromatic N) is 3. The molecule has 2 aromatic rings. The van der Waals surface area contributed by atoms with Crippen LogP contribution in [0.1, 0.15) is 12.8 Å². The maximum Gasteiger partial charge on any atom is 0.245 e. The van der Waals surface area contributed by atoms with Crippen molar-refractivity contribution >= 4 is 29.2 Å². The van der Waals surface area contributed by atoms with Crippen LogP contribution in [0.2, 0.25) is 10.0 Å². The highest BCUT2D eigenvalue weighted by atomic mass is 35.5. The molecule has 0 spiro atoms. The molecule has 1 fully saturated rings. The van der Waals surface area contributed by atoms with E-state index in [0.717, 1.165) is 37.4 Å². The van der Waals surface area contributed by atoms with Crippen molar-refractivity contribution < 1.29 is 0 Å². The van der Waals surface area contributed by atoms with Crippen molar-refractivity contribution in [1.29, 1.82) is 0 Å². The molecule has 2 heterocycles. The van der Waals surface area contributed by atoms with Crippen LogP contribution in [0.3, 0.4) is 0 Å². The highest BCUT2D eigenvalue weighted by Crippen LogP contribution is 2.29. The van der Waals surface area contributed by atoms with Gasteiger partial charge in [0.05, 0.1) is 5.02 Å². The molecule has 7 heteroatoms. The van der Waals surface area contributed by atoms with E-state index in [2.05, 4.69) is 25.4 Å². The van der Waals surface area contributed by atoms with Gasteiger partial charge in [0.2, 0.25) is 5.95 Å². The summed E-state index contributed by atoms with van der Waals surface area (Å²) >= 11 is 12.1. The molecule has 2 N–H and O–H groups in total. The molecule has 1 aromatic carbocycles. The zero-order valence-electron chi connectivity index (χ0n) is 11.7. The van der Waals surface area contributed by atoms with Gasteiger partial charge >= 0.3 is 0 Å². The molecule has 1 aliphatic heterocycles. The van der Waals surface area contributed by atoms with E-state index in [1.54, 1.807) is 12.1 Å². The minimum absolute atomic E-state index is 0.569. The molecule has 0 aliphatic carbocycles. The third-order valence-electron chi connectivity index (χ3n) is 3.85. The number of anilines is 1. The van der Waals surface area contributed by atoms with Crippen LogP contribution >= 0.6 is 23.2 Å². The van der Waals surface area contributed by atoms with Crippen molar-refractivity contribution in [2.75, 3.05) is 25.0 Å². The maximum absolute atomic E-state index is 6.20. The average Bonchev–Trinajstić information content (AvgIpc) is 2.97. The van der Waals surface area contributed by atoms with E-state index in [0.29, 0.717) is 21.9 Å². The summed E-state index contributed by atoms with van der Waals surface area (Å²) in [5.41, 5.74) is 0.810. The first-order valence-corrected chi connectivity index (χ1v) is 7.73. The molecule has 1 aliphatic rings. The van der Waals surface area contributed by atoms with E-state index in [1.165, 1.54) is 0 Å². The number of rotatable bonds is 3. The summed E-state index contributed by atoms with van der Waals surface area (Å²) in [4.78, 5) is 6.75. The zero-order chi connectivity index (χ0) is 14.8. The molecule has 0 radical (unpaired) electrons. The predicted octanol–water partition coefficient (Wildman–Crippen LogP) is 2.97. The Hall–Kier alpha value is -1.30. The molecule has 0 amide bonds. The summed E-state index contributed by atoms with van der Waals surface area (Å²) < 4.78 is 0. The van der Waals surface area contributed by atoms with Gasteiger partial charge in [-0.3, -0.25) is 5.10 Å². The summed E-state index contributed by atoms with van der Waals surface area (Å²) in [7, 11) is 2.01. The number of H-pyrrole nitrogens is 1. The number of hydrogen-bond acceptors (Lipinski definition) is 4. The number of piperidine rings is 1. The fourth-order valence-corrected chi connectivity index (χ4v) is 3.06. The fraction of sp³-hybridized carbons (Fsp3) is 0.429. The second-order valence-electron chi connectivity index (χ2n) is 5.16. The molecular weight excluding hydrogens is 309 g/mol. The Labute approximate surface area is 133 Å². The van der Waals surface area contributed by atoms with Crippen LogP contribution in [0.15, 0.2) is 18.2 Å². The molecular formula is C14H17Cl2N5. The van der Waals surface area contributed by atoms with Crippen molar-refractivity contribution in [3.63, 3.8) is 0 Å². The van der Waals surface area contributed by atoms with Crippen LogP contribution in [0, 0.1) is 0 Å². The number of hydrogen-bond donors (Lipinski definition) is 2. The van der Waals surface area contributed by atoms with Crippen LogP contribution in [0.25, 0.3) is 11.4 Å². The van der Waals surface area contributed by atoms with Gasteiger partial charge in [0.25, 0.3) is 0 Å². The molecule has 0 atom stereocenters. The summed E-state index contributed by atoms with van der Waals surface area (Å²) in [5.74, 6) is 1.40. The summed E-state index contributed by atoms with van der Waals surface area (Å²) in [6.45, 7) is 1.91. The number of aromatic amines is 1. The smallest absolute Gasteiger partial charge is 0.245 e. The van der Waals surface area contributed by atoms with E-state index in [-0.39, 0.29) is 0 Å². The molecule has 1 saturated heterocycles. The summed E-state index contributed by atoms with van der Waals surface area (Å²) in [6, 6.07) is 5.94. The minimum Gasteiger partial charge on any atom is -0.339 e. The van der Waals surface area contributed by atoms with Gasteiger partial charge in [-0.05, 0) is 38.1 Å². The Morgan fingerprint density at radius 3 is 2.71 bits per heavy atom. The number of aromatic nitrogens is 3. The van der Waals surface area contributed by atoms with Crippen molar-refractivity contribution in [2.45, 2.75) is 18.9 Å². The molecule has 0 bridgehead atoms. The van der Waals surface area contributed by atoms with Gasteiger partial charge in [-0.2, -0.15) is 4.98 Å². The van der Waals surface area contributed by atoms with Crippen molar-refractivity contribution in [3.05, 3.63) is 28.2 Å². The Morgan fingerprint density at radius 1 is 1.29 bits per heavy atom. The van der Waals surface area contributed by atoms with Gasteiger partial charge in [0.15, 0.2) is 5.82 Å². The lowest BCUT2D eigenvalue weighted by Crippen LogP contribution is -2.41. The van der Waals surface area contributed by atoms with Crippen molar-refractivity contribution in [3.8, 4) is 11.4 Å². The maximum atomic E-state index is 6.20. The van der Waals surface area contributed by atoms with Crippen molar-refractivity contribution in [2.24, 2.45) is 0 Å². The summed E-state index contributed by atoms with van der Waals surface area (Å²) in [5, 5.41) is 11.8. The first-order chi connectivity index (χ1) is 10.2. The van der Waals surface area contributed by atoms with Gasteiger partial charge in [0.1, 0.15) is 0 Å². The molecule has 112 valence electrons. The van der Waals surface area contributed by atoms with Gasteiger partial charge in [-0.15, -0.1) is 5.10 Å². The highest BCUT2D eigenvalue weighted by Gasteiger charge is 2.21. The van der Waals surface area contributed by atoms with E-state index in [9.17, 15) is 0 Å². The van der Waals surface area contributed by atoms with E-state index >= 15 is 0 Å². The van der Waals surface area contributed by atoms with Crippen LogP contribution < -0.4 is 10.2 Å². The first-order valence-electron chi connectivity index (χ1n) is 6.97. The third kappa shape index (κ3) is 3.15.